The highest BCUT2D eigenvalue weighted by atomic mass is 35.5. The van der Waals surface area contributed by atoms with Crippen LogP contribution in [-0.2, 0) is 4.74 Å². The Labute approximate surface area is 260 Å². The molecule has 6 aliphatic rings. The van der Waals surface area contributed by atoms with Crippen molar-refractivity contribution in [2.45, 2.75) is 74.9 Å². The summed E-state index contributed by atoms with van der Waals surface area (Å²) in [6, 6.07) is 14.6. The normalized spacial score (nSPS) is 29.3. The summed E-state index contributed by atoms with van der Waals surface area (Å²) in [5.41, 5.74) is 0.908. The summed E-state index contributed by atoms with van der Waals surface area (Å²) in [6.45, 7) is 2.77. The Morgan fingerprint density at radius 3 is 2.45 bits per heavy atom. The van der Waals surface area contributed by atoms with Crippen LogP contribution in [0.1, 0.15) is 38.5 Å². The van der Waals surface area contributed by atoms with E-state index in [1.54, 1.807) is 18.2 Å². The van der Waals surface area contributed by atoms with E-state index >= 15 is 4.39 Å². The lowest BCUT2D eigenvalue weighted by Crippen LogP contribution is -2.62. The fourth-order valence-corrected chi connectivity index (χ4v) is 9.02. The third-order valence-corrected chi connectivity index (χ3v) is 10.8. The van der Waals surface area contributed by atoms with Gasteiger partial charge < -0.3 is 24.8 Å². The van der Waals surface area contributed by atoms with E-state index in [2.05, 4.69) is 20.1 Å². The number of benzene rings is 3. The Morgan fingerprint density at radius 2 is 1.70 bits per heavy atom. The molecule has 228 valence electrons. The molecule has 6 saturated heterocycles. The molecule has 6 fully saturated rings. The number of hydrogen-bond acceptors (Lipinski definition) is 8. The number of hydrogen-bond donors (Lipinski definition) is 2. The van der Waals surface area contributed by atoms with Crippen molar-refractivity contribution >= 4 is 39.1 Å². The van der Waals surface area contributed by atoms with Crippen LogP contribution in [0.4, 0.5) is 10.2 Å². The molecule has 0 amide bonds. The lowest BCUT2D eigenvalue weighted by Gasteiger charge is -2.56. The van der Waals surface area contributed by atoms with E-state index in [-0.39, 0.29) is 27.9 Å². The van der Waals surface area contributed by atoms with Crippen LogP contribution in [0.5, 0.6) is 11.8 Å². The van der Waals surface area contributed by atoms with Crippen LogP contribution in [0.2, 0.25) is 5.02 Å². The number of aromatic nitrogens is 2. The fraction of sp³-hybridized carbons (Fsp3) is 0.471. The number of halogens is 2. The monoisotopic (exact) mass is 615 g/mol. The van der Waals surface area contributed by atoms with Gasteiger partial charge in [0.15, 0.2) is 5.82 Å². The second kappa shape index (κ2) is 10.4. The Hall–Kier alpha value is -3.24. The van der Waals surface area contributed by atoms with Gasteiger partial charge in [0.1, 0.15) is 23.7 Å². The van der Waals surface area contributed by atoms with Crippen LogP contribution in [0, 0.1) is 5.82 Å². The lowest BCUT2D eigenvalue weighted by molar-refractivity contribution is -0.183. The highest BCUT2D eigenvalue weighted by Crippen LogP contribution is 2.44. The standard InChI is InChI=1S/C34H35ClFN5O3/c35-29-15-28-32(31(36)30(29)27-14-23(42)9-18-3-1-2-4-26(18)27)38-34(39-33(28)40-16-19-5-6-20(17-40)37-19)43-8-7-41-21-10-24-12-22(41)13-25(11-21)44-24/h1-4,9,14-15,19-22,24-25,37,42H,5-8,10-13,16-17H2. The topological polar surface area (TPSA) is 83.0 Å². The Morgan fingerprint density at radius 1 is 0.977 bits per heavy atom. The van der Waals surface area contributed by atoms with E-state index in [0.29, 0.717) is 59.7 Å². The smallest absolute Gasteiger partial charge is 0.319 e. The molecule has 4 aromatic rings. The minimum Gasteiger partial charge on any atom is -0.508 e. The minimum absolute atomic E-state index is 0.0456. The molecule has 44 heavy (non-hydrogen) atoms. The zero-order valence-electron chi connectivity index (χ0n) is 24.4. The molecule has 7 heterocycles. The summed E-state index contributed by atoms with van der Waals surface area (Å²) in [5.74, 6) is 0.160. The molecule has 2 N–H and O–H groups in total. The maximum Gasteiger partial charge on any atom is 0.319 e. The van der Waals surface area contributed by atoms with Gasteiger partial charge in [-0.15, -0.1) is 0 Å². The van der Waals surface area contributed by atoms with Gasteiger partial charge in [-0.3, -0.25) is 4.90 Å². The number of nitrogens with one attached hydrogen (secondary N) is 1. The molecule has 1 aromatic heterocycles. The third kappa shape index (κ3) is 4.50. The average molecular weight is 616 g/mol. The summed E-state index contributed by atoms with van der Waals surface area (Å²) < 4.78 is 29.2. The van der Waals surface area contributed by atoms with Crippen LogP contribution in [0.15, 0.2) is 42.5 Å². The number of rotatable bonds is 6. The lowest BCUT2D eigenvalue weighted by atomic mass is 9.78. The predicted octanol–water partition coefficient (Wildman–Crippen LogP) is 5.66. The van der Waals surface area contributed by atoms with E-state index in [9.17, 15) is 5.11 Å². The molecule has 10 heteroatoms. The molecule has 10 rings (SSSR count). The molecule has 8 nitrogen and oxygen atoms in total. The van der Waals surface area contributed by atoms with Gasteiger partial charge in [0.25, 0.3) is 0 Å². The second-order valence-corrected chi connectivity index (χ2v) is 13.7. The molecule has 3 aromatic carbocycles. The van der Waals surface area contributed by atoms with Gasteiger partial charge in [-0.05, 0) is 73.1 Å². The fourth-order valence-electron chi connectivity index (χ4n) is 8.72. The average Bonchev–Trinajstić information content (AvgIpc) is 3.35. The van der Waals surface area contributed by atoms with Crippen molar-refractivity contribution in [1.82, 2.24) is 20.2 Å². The van der Waals surface area contributed by atoms with Crippen LogP contribution in [0.3, 0.4) is 0 Å². The first-order valence-corrected chi connectivity index (χ1v) is 16.3. The van der Waals surface area contributed by atoms with Crippen molar-refractivity contribution in [2.24, 2.45) is 0 Å². The summed E-state index contributed by atoms with van der Waals surface area (Å²) in [7, 11) is 0. The van der Waals surface area contributed by atoms with E-state index in [1.165, 1.54) is 0 Å². The Balaban J connectivity index is 1.11. The maximum absolute atomic E-state index is 16.8. The molecule has 2 unspecified atom stereocenters. The highest BCUT2D eigenvalue weighted by Gasteiger charge is 2.47. The number of ether oxygens (including phenoxy) is 2. The van der Waals surface area contributed by atoms with E-state index in [4.69, 9.17) is 26.1 Å². The Kier molecular flexibility index (Phi) is 6.41. The second-order valence-electron chi connectivity index (χ2n) is 13.2. The molecule has 2 atom stereocenters. The van der Waals surface area contributed by atoms with Gasteiger partial charge in [0.2, 0.25) is 0 Å². The van der Waals surface area contributed by atoms with Gasteiger partial charge in [-0.2, -0.15) is 9.97 Å². The van der Waals surface area contributed by atoms with Crippen molar-refractivity contribution in [2.75, 3.05) is 31.1 Å². The van der Waals surface area contributed by atoms with Gasteiger partial charge in [0.05, 0.1) is 17.2 Å². The summed E-state index contributed by atoms with van der Waals surface area (Å²) in [5, 5.41) is 16.6. The van der Waals surface area contributed by atoms with Crippen molar-refractivity contribution in [3.05, 3.63) is 53.3 Å². The number of fused-ring (bicyclic) bond motifs is 4. The number of phenols is 1. The number of aromatic hydroxyl groups is 1. The number of piperazine rings is 1. The first-order chi connectivity index (χ1) is 21.5. The number of nitrogens with zero attached hydrogens (tertiary/aromatic N) is 4. The SMILES string of the molecule is Oc1cc(-c2c(Cl)cc3c(N4CC5CCC(C4)N5)nc(OCCN4C5CC6CC4CC(C5)O6)nc3c2F)c2ccccc2c1. The molecule has 0 radical (unpaired) electrons. The van der Waals surface area contributed by atoms with E-state index < -0.39 is 5.82 Å². The summed E-state index contributed by atoms with van der Waals surface area (Å²) >= 11 is 6.89. The molecule has 6 bridgehead atoms. The zero-order valence-corrected chi connectivity index (χ0v) is 25.1. The molecular formula is C34H35ClFN5O3. The minimum atomic E-state index is -0.542. The van der Waals surface area contributed by atoms with Gasteiger partial charge in [0, 0.05) is 54.8 Å². The molecule has 0 saturated carbocycles. The first kappa shape index (κ1) is 27.1. The number of anilines is 1. The number of phenolic OH excluding ortho intramolecular Hbond substituents is 1. The van der Waals surface area contributed by atoms with Gasteiger partial charge in [-0.1, -0.05) is 35.9 Å². The number of piperidine rings is 2. The van der Waals surface area contributed by atoms with Gasteiger partial charge in [-0.25, -0.2) is 4.39 Å². The molecule has 0 aliphatic carbocycles. The maximum atomic E-state index is 16.8. The van der Waals surface area contributed by atoms with Crippen molar-refractivity contribution in [3.8, 4) is 22.9 Å². The van der Waals surface area contributed by atoms with Crippen molar-refractivity contribution in [1.29, 1.82) is 0 Å². The molecule has 6 aliphatic heterocycles. The van der Waals surface area contributed by atoms with Gasteiger partial charge >= 0.3 is 6.01 Å². The summed E-state index contributed by atoms with van der Waals surface area (Å²) in [6.07, 6.45) is 7.40. The zero-order chi connectivity index (χ0) is 29.5. The van der Waals surface area contributed by atoms with Crippen LogP contribution in [0.25, 0.3) is 32.8 Å². The third-order valence-electron chi connectivity index (χ3n) is 10.5. The molecule has 0 spiro atoms. The van der Waals surface area contributed by atoms with E-state index in [1.807, 2.05) is 24.3 Å². The van der Waals surface area contributed by atoms with Crippen molar-refractivity contribution in [3.63, 3.8) is 0 Å². The van der Waals surface area contributed by atoms with Crippen LogP contribution in [-0.4, -0.2) is 82.6 Å². The molecular weight excluding hydrogens is 581 g/mol. The predicted molar refractivity (Wildman–Crippen MR) is 168 cm³/mol. The Bertz CT molecular complexity index is 1750. The van der Waals surface area contributed by atoms with Crippen LogP contribution < -0.4 is 15.0 Å². The van der Waals surface area contributed by atoms with E-state index in [0.717, 1.165) is 68.9 Å². The van der Waals surface area contributed by atoms with Crippen molar-refractivity contribution < 1.29 is 19.0 Å². The highest BCUT2D eigenvalue weighted by molar-refractivity contribution is 6.35. The quantitative estimate of drug-likeness (QED) is 0.288. The van der Waals surface area contributed by atoms with Crippen LogP contribution >= 0.6 is 11.6 Å². The summed E-state index contributed by atoms with van der Waals surface area (Å²) in [4.78, 5) is 14.4. The largest absolute Gasteiger partial charge is 0.508 e. The first-order valence-electron chi connectivity index (χ1n) is 15.9.